The molecule has 410 valence electrons. The van der Waals surface area contributed by atoms with E-state index >= 15 is 0 Å². The summed E-state index contributed by atoms with van der Waals surface area (Å²) in [5, 5.41) is 4.81. The number of aliphatic imine (C=N–C) groups is 1. The average molecular weight is 1110 g/mol. The Morgan fingerprint density at radius 3 is 1.32 bits per heavy atom. The molecule has 0 N–H and O–H groups in total. The van der Waals surface area contributed by atoms with Crippen LogP contribution >= 0.6 is 0 Å². The molecule has 0 radical (unpaired) electrons. The summed E-state index contributed by atoms with van der Waals surface area (Å²) in [6, 6.07) is 86.7. The number of hydrogen-bond donors (Lipinski definition) is 0. The molecular formula is C81H56N6. The second-order valence-electron chi connectivity index (χ2n) is 23.0. The van der Waals surface area contributed by atoms with Crippen molar-refractivity contribution >= 4 is 54.9 Å². The van der Waals surface area contributed by atoms with E-state index in [0.29, 0.717) is 0 Å². The number of aromatic nitrogens is 5. The van der Waals surface area contributed by atoms with E-state index in [4.69, 9.17) is 19.9 Å². The second kappa shape index (κ2) is 20.9. The molecule has 0 amide bonds. The van der Waals surface area contributed by atoms with Gasteiger partial charge in [-0.25, -0.2) is 0 Å². The highest BCUT2D eigenvalue weighted by Crippen LogP contribution is 2.47. The number of benzene rings is 9. The van der Waals surface area contributed by atoms with Crippen molar-refractivity contribution in [1.29, 1.82) is 0 Å². The van der Waals surface area contributed by atoms with Crippen molar-refractivity contribution < 1.29 is 0 Å². The van der Waals surface area contributed by atoms with Gasteiger partial charge < -0.3 is 9.13 Å². The van der Waals surface area contributed by atoms with Crippen LogP contribution in [0.3, 0.4) is 0 Å². The maximum absolute atomic E-state index is 4.94. The standard InChI is InChI=1S/C81H56N6/c1-5-22-63(73-27-9-13-42-82-73)58(18-1)52-33-38-78-69(46-52)70-47-53(59-19-2-6-23-64(59)74-28-10-14-43-83-74)34-39-79(70)86(78)57-37-32-56-50-68-62(67(56)51-57)26-17-31-77(68)87-80-40-35-54(60-20-3-7-24-65(60)75-29-11-15-44-84-75)48-71(80)72-49-55(36-41-81(72)87)61-21-4-8-25-66(61)76-30-12-16-45-85-76/h1-7,9-11,13-24,26-29,31-49,51H,8,12,25,30,50H2. The van der Waals surface area contributed by atoms with Crippen LogP contribution < -0.4 is 0 Å². The van der Waals surface area contributed by atoms with Crippen molar-refractivity contribution in [2.45, 2.75) is 32.1 Å². The molecule has 1 aliphatic heterocycles. The number of pyridine rings is 3. The van der Waals surface area contributed by atoms with E-state index in [1.807, 2.05) is 43.0 Å². The largest absolute Gasteiger partial charge is 0.309 e. The smallest absolute Gasteiger partial charge is 0.0708 e. The minimum Gasteiger partial charge on any atom is -0.309 e. The zero-order valence-electron chi connectivity index (χ0n) is 47.8. The van der Waals surface area contributed by atoms with Gasteiger partial charge in [0.1, 0.15) is 0 Å². The Hall–Kier alpha value is -11.1. The molecule has 17 rings (SSSR count). The first-order chi connectivity index (χ1) is 43.2. The molecule has 5 aromatic heterocycles. The Bertz CT molecular complexity index is 5090. The van der Waals surface area contributed by atoms with Gasteiger partial charge >= 0.3 is 0 Å². The monoisotopic (exact) mass is 1110 g/mol. The number of nitrogens with zero attached hydrogens (tertiary/aromatic N) is 6. The minimum absolute atomic E-state index is 0.818. The summed E-state index contributed by atoms with van der Waals surface area (Å²) in [5.74, 6) is 0. The van der Waals surface area contributed by atoms with Crippen molar-refractivity contribution in [3.05, 3.63) is 302 Å². The van der Waals surface area contributed by atoms with Gasteiger partial charge in [0, 0.05) is 80.8 Å². The quantitative estimate of drug-likeness (QED) is 0.137. The number of hydrogen-bond acceptors (Lipinski definition) is 4. The summed E-state index contributed by atoms with van der Waals surface area (Å²) in [5.41, 5.74) is 30.3. The van der Waals surface area contributed by atoms with Gasteiger partial charge in [-0.15, -0.1) is 0 Å². The zero-order valence-corrected chi connectivity index (χ0v) is 47.8. The van der Waals surface area contributed by atoms with Crippen molar-refractivity contribution in [2.75, 3.05) is 0 Å². The molecule has 6 heteroatoms. The average Bonchev–Trinajstić information content (AvgIpc) is 1.74. The third-order valence-electron chi connectivity index (χ3n) is 18.2. The first-order valence-corrected chi connectivity index (χ1v) is 30.2. The van der Waals surface area contributed by atoms with Crippen LogP contribution in [-0.2, 0) is 6.42 Å². The van der Waals surface area contributed by atoms with Gasteiger partial charge in [-0.2, -0.15) is 0 Å². The van der Waals surface area contributed by atoms with Crippen LogP contribution in [0, 0.1) is 0 Å². The molecule has 3 aliphatic rings. The van der Waals surface area contributed by atoms with E-state index in [-0.39, 0.29) is 0 Å². The molecule has 6 nitrogen and oxygen atoms in total. The highest BCUT2D eigenvalue weighted by molar-refractivity contribution is 6.15. The van der Waals surface area contributed by atoms with Gasteiger partial charge in [0.2, 0.25) is 0 Å². The molecule has 9 aromatic carbocycles. The molecule has 0 saturated heterocycles. The normalized spacial score (nSPS) is 13.7. The number of rotatable bonds is 10. The molecule has 0 atom stereocenters. The Labute approximate surface area is 504 Å². The van der Waals surface area contributed by atoms with E-state index < -0.39 is 0 Å². The SMILES string of the molecule is C1=CN=C(C2=C(c3ccc4c(c3)c3cc(-c5ccccc5-c5ccccn5)ccc3n4-c3cccc4c3Cc3ccc(-n5c6ccc(-c7ccccc7-c7ccccn7)cc6c6cc(-c7ccccc7-c7ccccn7)ccc65)cc3-4)C=CCC2)CC1. The molecule has 0 fully saturated rings. The van der Waals surface area contributed by atoms with Gasteiger partial charge in [-0.3, -0.25) is 19.9 Å². The topological polar surface area (TPSA) is 60.9 Å². The van der Waals surface area contributed by atoms with Gasteiger partial charge in [-0.05, 0) is 201 Å². The highest BCUT2D eigenvalue weighted by atomic mass is 15.0. The van der Waals surface area contributed by atoms with Gasteiger partial charge in [-0.1, -0.05) is 152 Å². The molecule has 6 heterocycles. The highest BCUT2D eigenvalue weighted by Gasteiger charge is 2.27. The van der Waals surface area contributed by atoms with E-state index in [1.54, 1.807) is 0 Å². The van der Waals surface area contributed by atoms with Crippen LogP contribution in [0.2, 0.25) is 0 Å². The molecule has 87 heavy (non-hydrogen) atoms. The third kappa shape index (κ3) is 8.54. The summed E-state index contributed by atoms with van der Waals surface area (Å²) < 4.78 is 5.01. The summed E-state index contributed by atoms with van der Waals surface area (Å²) in [6.45, 7) is 0. The molecule has 0 bridgehead atoms. The predicted octanol–water partition coefficient (Wildman–Crippen LogP) is 20.5. The Morgan fingerprint density at radius 1 is 0.345 bits per heavy atom. The molecule has 2 aliphatic carbocycles. The maximum Gasteiger partial charge on any atom is 0.0708 e. The van der Waals surface area contributed by atoms with E-state index in [9.17, 15) is 0 Å². The fraction of sp³-hybridized carbons (Fsp3) is 0.0617. The Morgan fingerprint density at radius 2 is 0.816 bits per heavy atom. The number of fused-ring (bicyclic) bond motifs is 9. The molecule has 0 spiro atoms. The first kappa shape index (κ1) is 50.4. The fourth-order valence-corrected chi connectivity index (χ4v) is 14.2. The van der Waals surface area contributed by atoms with Gasteiger partial charge in [0.05, 0.1) is 44.8 Å². The molecule has 0 unspecified atom stereocenters. The van der Waals surface area contributed by atoms with Crippen molar-refractivity contribution in [3.8, 4) is 89.7 Å². The lowest BCUT2D eigenvalue weighted by Gasteiger charge is -2.19. The van der Waals surface area contributed by atoms with Crippen LogP contribution in [0.4, 0.5) is 0 Å². The molecular weight excluding hydrogens is 1060 g/mol. The predicted molar refractivity (Wildman–Crippen MR) is 360 cm³/mol. The van der Waals surface area contributed by atoms with E-state index in [1.165, 1.54) is 82.9 Å². The summed E-state index contributed by atoms with van der Waals surface area (Å²) in [7, 11) is 0. The van der Waals surface area contributed by atoms with Crippen LogP contribution in [0.1, 0.15) is 42.4 Å². The second-order valence-corrected chi connectivity index (χ2v) is 23.0. The lowest BCUT2D eigenvalue weighted by atomic mass is 9.87. The zero-order chi connectivity index (χ0) is 57.4. The van der Waals surface area contributed by atoms with Crippen LogP contribution in [-0.4, -0.2) is 29.8 Å². The summed E-state index contributed by atoms with van der Waals surface area (Å²) in [6.07, 6.45) is 19.3. The Kier molecular flexibility index (Phi) is 12.1. The summed E-state index contributed by atoms with van der Waals surface area (Å²) >= 11 is 0. The first-order valence-electron chi connectivity index (χ1n) is 30.2. The lowest BCUT2D eigenvalue weighted by Crippen LogP contribution is -2.09. The van der Waals surface area contributed by atoms with Gasteiger partial charge in [0.15, 0.2) is 0 Å². The number of allylic oxidation sites excluding steroid dienone is 5. The molecule has 0 saturated carbocycles. The molecule has 14 aromatic rings. The van der Waals surface area contributed by atoms with Crippen LogP contribution in [0.25, 0.3) is 139 Å². The van der Waals surface area contributed by atoms with Crippen molar-refractivity contribution in [2.24, 2.45) is 4.99 Å². The van der Waals surface area contributed by atoms with Crippen LogP contribution in [0.15, 0.2) is 290 Å². The summed E-state index contributed by atoms with van der Waals surface area (Å²) in [4.78, 5) is 19.4. The maximum atomic E-state index is 4.94. The van der Waals surface area contributed by atoms with Gasteiger partial charge in [0.25, 0.3) is 0 Å². The van der Waals surface area contributed by atoms with E-state index in [2.05, 4.69) is 246 Å². The van der Waals surface area contributed by atoms with Crippen LogP contribution in [0.5, 0.6) is 0 Å². The van der Waals surface area contributed by atoms with Crippen molar-refractivity contribution in [3.63, 3.8) is 0 Å². The minimum atomic E-state index is 0.818. The van der Waals surface area contributed by atoms with E-state index in [0.717, 1.165) is 116 Å². The lowest BCUT2D eigenvalue weighted by molar-refractivity contribution is 0.974. The third-order valence-corrected chi connectivity index (χ3v) is 18.2. The fourth-order valence-electron chi connectivity index (χ4n) is 14.2. The van der Waals surface area contributed by atoms with Crippen molar-refractivity contribution in [1.82, 2.24) is 24.1 Å². The Balaban J connectivity index is 0.831.